The van der Waals surface area contributed by atoms with Gasteiger partial charge < -0.3 is 9.84 Å². The lowest BCUT2D eigenvalue weighted by molar-refractivity contribution is -0.0437. The second-order valence-electron chi connectivity index (χ2n) is 9.18. The molecule has 1 unspecified atom stereocenters. The first-order valence-electron chi connectivity index (χ1n) is 11.5. The molecule has 1 aromatic rings. The van der Waals surface area contributed by atoms with E-state index in [1.54, 1.807) is 11.3 Å². The molecule has 164 valence electrons. The van der Waals surface area contributed by atoms with Crippen molar-refractivity contribution < 1.29 is 14.6 Å². The summed E-state index contributed by atoms with van der Waals surface area (Å²) in [4.78, 5) is 13.5. The van der Waals surface area contributed by atoms with Crippen LogP contribution in [0.1, 0.15) is 92.1 Å². The summed E-state index contributed by atoms with van der Waals surface area (Å²) < 4.78 is 4.79. The largest absolute Gasteiger partial charge is 0.465 e. The smallest absolute Gasteiger partial charge is 0.348 e. The summed E-state index contributed by atoms with van der Waals surface area (Å²) in [5.41, 5.74) is 0.221. The number of halogens is 1. The van der Waals surface area contributed by atoms with E-state index in [0.29, 0.717) is 22.1 Å². The maximum atomic E-state index is 11.6. The molecule has 1 heterocycles. The number of esters is 1. The van der Waals surface area contributed by atoms with Crippen molar-refractivity contribution in [3.8, 4) is 0 Å². The van der Waals surface area contributed by atoms with Gasteiger partial charge in [0.25, 0.3) is 0 Å². The third kappa shape index (κ3) is 5.57. The molecule has 0 spiro atoms. The maximum Gasteiger partial charge on any atom is 0.348 e. The highest BCUT2D eigenvalue weighted by Crippen LogP contribution is 2.48. The van der Waals surface area contributed by atoms with Gasteiger partial charge in [0.05, 0.1) is 13.2 Å². The van der Waals surface area contributed by atoms with Gasteiger partial charge >= 0.3 is 5.97 Å². The van der Waals surface area contributed by atoms with Crippen LogP contribution in [-0.4, -0.2) is 29.7 Å². The molecule has 1 N–H and O–H groups in total. The molecule has 29 heavy (non-hydrogen) atoms. The van der Waals surface area contributed by atoms with Crippen LogP contribution in [0.25, 0.3) is 0 Å². The molecular weight excluding hydrogens is 404 g/mol. The van der Waals surface area contributed by atoms with E-state index in [2.05, 4.69) is 13.0 Å². The Morgan fingerprint density at radius 1 is 1.31 bits per heavy atom. The standard InChI is InChI=1S/C24H37ClO3S/c1-3-24(15-6-16-24)22(26)10-5-9-19-17(11-13-20(19)25)7-4-8-18-12-14-21(29-18)23(27)28-2/h12,14,17,19-20,22,26H,3-11,13,15-16H2,1-2H3/t17-,19+,20+,22?/m0/s1. The number of hydrogen-bond donors (Lipinski definition) is 1. The molecule has 3 nitrogen and oxygen atoms in total. The van der Waals surface area contributed by atoms with Crippen LogP contribution in [0.2, 0.25) is 0 Å². The summed E-state index contributed by atoms with van der Waals surface area (Å²) in [6, 6.07) is 3.92. The molecule has 0 aromatic carbocycles. The number of carbonyl (C=O) groups excluding carboxylic acids is 1. The van der Waals surface area contributed by atoms with E-state index in [1.807, 2.05) is 6.07 Å². The van der Waals surface area contributed by atoms with Crippen LogP contribution in [0.3, 0.4) is 0 Å². The van der Waals surface area contributed by atoms with Crippen LogP contribution in [-0.2, 0) is 11.2 Å². The number of ether oxygens (including phenoxy) is 1. The highest BCUT2D eigenvalue weighted by Gasteiger charge is 2.41. The number of methoxy groups -OCH3 is 1. The number of carbonyl (C=O) groups is 1. The highest BCUT2D eigenvalue weighted by atomic mass is 35.5. The Morgan fingerprint density at radius 2 is 2.10 bits per heavy atom. The zero-order valence-corrected chi connectivity index (χ0v) is 19.6. The van der Waals surface area contributed by atoms with Crippen LogP contribution in [0.15, 0.2) is 12.1 Å². The molecule has 2 aliphatic carbocycles. The fourth-order valence-electron chi connectivity index (χ4n) is 5.54. The van der Waals surface area contributed by atoms with Gasteiger partial charge in [0.2, 0.25) is 0 Å². The molecular formula is C24H37ClO3S. The average Bonchev–Trinajstić information content (AvgIpc) is 3.29. The van der Waals surface area contributed by atoms with E-state index >= 15 is 0 Å². The summed E-state index contributed by atoms with van der Waals surface area (Å²) in [6.45, 7) is 2.23. The third-order valence-corrected chi connectivity index (χ3v) is 9.37. The Morgan fingerprint density at radius 3 is 2.76 bits per heavy atom. The minimum Gasteiger partial charge on any atom is -0.465 e. The SMILES string of the molecule is CCC1(C(O)CCC[C@@H]2[C@@H](CCCc3ccc(C(=O)OC)s3)CC[C@H]2Cl)CCC1. The van der Waals surface area contributed by atoms with Gasteiger partial charge in [-0.15, -0.1) is 22.9 Å². The number of hydrogen-bond acceptors (Lipinski definition) is 4. The van der Waals surface area contributed by atoms with E-state index in [-0.39, 0.29) is 17.5 Å². The summed E-state index contributed by atoms with van der Waals surface area (Å²) in [5.74, 6) is 1.06. The van der Waals surface area contributed by atoms with Crippen LogP contribution in [0.5, 0.6) is 0 Å². The normalized spacial score (nSPS) is 26.8. The molecule has 0 saturated heterocycles. The Bertz CT molecular complexity index is 649. The van der Waals surface area contributed by atoms with E-state index in [1.165, 1.54) is 44.1 Å². The highest BCUT2D eigenvalue weighted by molar-refractivity contribution is 7.13. The minimum atomic E-state index is -0.240. The van der Waals surface area contributed by atoms with Gasteiger partial charge in [0, 0.05) is 10.3 Å². The summed E-state index contributed by atoms with van der Waals surface area (Å²) in [7, 11) is 1.43. The van der Waals surface area contributed by atoms with Crippen molar-refractivity contribution in [1.29, 1.82) is 0 Å². The van der Waals surface area contributed by atoms with Crippen molar-refractivity contribution in [2.75, 3.05) is 7.11 Å². The van der Waals surface area contributed by atoms with E-state index in [0.717, 1.165) is 44.9 Å². The molecule has 0 amide bonds. The monoisotopic (exact) mass is 440 g/mol. The van der Waals surface area contributed by atoms with Gasteiger partial charge in [-0.2, -0.15) is 0 Å². The zero-order valence-electron chi connectivity index (χ0n) is 18.0. The minimum absolute atomic E-state index is 0.127. The lowest BCUT2D eigenvalue weighted by Crippen LogP contribution is -2.40. The Balaban J connectivity index is 1.41. The van der Waals surface area contributed by atoms with Crippen LogP contribution in [0.4, 0.5) is 0 Å². The van der Waals surface area contributed by atoms with Crippen molar-refractivity contribution in [2.45, 2.75) is 95.5 Å². The summed E-state index contributed by atoms with van der Waals surface area (Å²) in [5, 5.41) is 11.0. The number of aryl methyl sites for hydroxylation is 1. The molecule has 4 atom stereocenters. The molecule has 3 rings (SSSR count). The van der Waals surface area contributed by atoms with Crippen molar-refractivity contribution >= 4 is 28.9 Å². The van der Waals surface area contributed by atoms with E-state index < -0.39 is 0 Å². The van der Waals surface area contributed by atoms with E-state index in [4.69, 9.17) is 16.3 Å². The molecule has 5 heteroatoms. The van der Waals surface area contributed by atoms with Crippen molar-refractivity contribution in [3.05, 3.63) is 21.9 Å². The van der Waals surface area contributed by atoms with Gasteiger partial charge in [0.1, 0.15) is 4.88 Å². The first kappa shape index (κ1) is 23.1. The molecule has 0 radical (unpaired) electrons. The lowest BCUT2D eigenvalue weighted by Gasteiger charge is -2.45. The molecule has 2 aliphatic rings. The molecule has 0 aliphatic heterocycles. The Labute approximate surface area is 185 Å². The van der Waals surface area contributed by atoms with Gasteiger partial charge in [-0.1, -0.05) is 19.8 Å². The fraction of sp³-hybridized carbons (Fsp3) is 0.792. The number of aliphatic hydroxyl groups excluding tert-OH is 1. The third-order valence-electron chi connectivity index (χ3n) is 7.70. The maximum absolute atomic E-state index is 11.6. The molecule has 2 saturated carbocycles. The van der Waals surface area contributed by atoms with Gasteiger partial charge in [-0.25, -0.2) is 4.79 Å². The predicted octanol–water partition coefficient (Wildman–Crippen LogP) is 6.60. The topological polar surface area (TPSA) is 46.5 Å². The molecule has 0 bridgehead atoms. The van der Waals surface area contributed by atoms with Gasteiger partial charge in [-0.3, -0.25) is 0 Å². The zero-order chi connectivity index (χ0) is 20.9. The first-order chi connectivity index (χ1) is 14.0. The van der Waals surface area contributed by atoms with Crippen LogP contribution >= 0.6 is 22.9 Å². The van der Waals surface area contributed by atoms with Gasteiger partial charge in [0.15, 0.2) is 0 Å². The second-order valence-corrected chi connectivity index (χ2v) is 10.9. The summed E-state index contributed by atoms with van der Waals surface area (Å²) in [6.07, 6.45) is 13.6. The number of rotatable bonds is 11. The number of alkyl halides is 1. The van der Waals surface area contributed by atoms with Crippen molar-refractivity contribution in [1.82, 2.24) is 0 Å². The van der Waals surface area contributed by atoms with Crippen LogP contribution < -0.4 is 0 Å². The molecule has 2 fully saturated rings. The quantitative estimate of drug-likeness (QED) is 0.311. The average molecular weight is 441 g/mol. The van der Waals surface area contributed by atoms with Crippen molar-refractivity contribution in [3.63, 3.8) is 0 Å². The number of aliphatic hydroxyl groups is 1. The van der Waals surface area contributed by atoms with Crippen LogP contribution in [0, 0.1) is 17.3 Å². The second kappa shape index (κ2) is 10.6. The Hall–Kier alpha value is -0.580. The fourth-order valence-corrected chi connectivity index (χ4v) is 6.96. The van der Waals surface area contributed by atoms with E-state index in [9.17, 15) is 9.90 Å². The number of thiophene rings is 1. The first-order valence-corrected chi connectivity index (χ1v) is 12.7. The predicted molar refractivity (Wildman–Crippen MR) is 121 cm³/mol. The van der Waals surface area contributed by atoms with Crippen molar-refractivity contribution in [2.24, 2.45) is 17.3 Å². The summed E-state index contributed by atoms with van der Waals surface area (Å²) >= 11 is 8.23. The lowest BCUT2D eigenvalue weighted by atomic mass is 9.62. The Kier molecular flexibility index (Phi) is 8.47. The molecule has 1 aromatic heterocycles. The van der Waals surface area contributed by atoms with Gasteiger partial charge in [-0.05, 0) is 93.6 Å².